The van der Waals surface area contributed by atoms with Gasteiger partial charge >= 0.3 is 6.03 Å². The number of hydrogen-bond donors (Lipinski definition) is 3. The molecule has 0 aliphatic heterocycles. The van der Waals surface area contributed by atoms with E-state index >= 15 is 0 Å². The Balaban J connectivity index is 1.59. The van der Waals surface area contributed by atoms with E-state index in [2.05, 4.69) is 30.8 Å². The molecular weight excluding hydrogens is 331 g/mol. The number of urea groups is 1. The summed E-state index contributed by atoms with van der Waals surface area (Å²) in [4.78, 5) is 21.2. The Morgan fingerprint density at radius 3 is 2.92 bits per heavy atom. The van der Waals surface area contributed by atoms with Gasteiger partial charge in [0.25, 0.3) is 0 Å². The molecule has 0 atom stereocenters. The minimum absolute atomic E-state index is 0.0872. The Morgan fingerprint density at radius 1 is 1.38 bits per heavy atom. The zero-order valence-electron chi connectivity index (χ0n) is 12.8. The van der Waals surface area contributed by atoms with Gasteiger partial charge in [-0.3, -0.25) is 5.10 Å². The maximum absolute atomic E-state index is 14.1. The second kappa shape index (κ2) is 7.18. The summed E-state index contributed by atoms with van der Waals surface area (Å²) in [6.45, 7) is 2.34. The van der Waals surface area contributed by atoms with Crippen LogP contribution >= 0.6 is 11.3 Å². The molecule has 124 valence electrons. The summed E-state index contributed by atoms with van der Waals surface area (Å²) >= 11 is 1.54. The number of anilines is 1. The first kappa shape index (κ1) is 16.1. The molecule has 3 aromatic rings. The van der Waals surface area contributed by atoms with Crippen molar-refractivity contribution in [2.75, 3.05) is 5.32 Å². The number of halogens is 1. The lowest BCUT2D eigenvalue weighted by atomic mass is 10.2. The van der Waals surface area contributed by atoms with Crippen LogP contribution in [0.2, 0.25) is 0 Å². The lowest BCUT2D eigenvalue weighted by molar-refractivity contribution is 0.251. The van der Waals surface area contributed by atoms with Gasteiger partial charge in [-0.05, 0) is 24.6 Å². The molecule has 0 aliphatic carbocycles. The first-order chi connectivity index (χ1) is 11.7. The van der Waals surface area contributed by atoms with Crippen molar-refractivity contribution in [2.24, 2.45) is 0 Å². The van der Waals surface area contributed by atoms with Gasteiger partial charge in [-0.2, -0.15) is 5.10 Å². The minimum Gasteiger partial charge on any atom is -0.331 e. The van der Waals surface area contributed by atoms with Gasteiger partial charge in [-0.15, -0.1) is 11.3 Å². The van der Waals surface area contributed by atoms with Gasteiger partial charge in [0, 0.05) is 16.6 Å². The molecule has 2 aromatic heterocycles. The van der Waals surface area contributed by atoms with Gasteiger partial charge in [0.05, 0.1) is 12.2 Å². The van der Waals surface area contributed by atoms with E-state index < -0.39 is 11.8 Å². The summed E-state index contributed by atoms with van der Waals surface area (Å²) in [5, 5.41) is 12.3. The van der Waals surface area contributed by atoms with Gasteiger partial charge in [0.1, 0.15) is 17.2 Å². The second-order valence-electron chi connectivity index (χ2n) is 4.91. The number of carbonyl (C=O) groups excluding carboxylic acids is 1. The highest BCUT2D eigenvalue weighted by atomic mass is 32.1. The van der Waals surface area contributed by atoms with E-state index in [9.17, 15) is 9.18 Å². The molecule has 1 aromatic carbocycles. The number of benzene rings is 1. The zero-order valence-corrected chi connectivity index (χ0v) is 13.7. The van der Waals surface area contributed by atoms with Crippen LogP contribution in [-0.4, -0.2) is 26.2 Å². The fraction of sp³-hybridized carbons (Fsp3) is 0.200. The van der Waals surface area contributed by atoms with E-state index in [-0.39, 0.29) is 5.69 Å². The van der Waals surface area contributed by atoms with Crippen molar-refractivity contribution in [3.05, 3.63) is 46.4 Å². The van der Waals surface area contributed by atoms with Crippen LogP contribution in [0.3, 0.4) is 0 Å². The summed E-state index contributed by atoms with van der Waals surface area (Å²) in [6, 6.07) is 3.91. The first-order valence-corrected chi connectivity index (χ1v) is 8.11. The number of carbonyl (C=O) groups is 1. The average molecular weight is 346 g/mol. The van der Waals surface area contributed by atoms with Gasteiger partial charge in [0.2, 0.25) is 0 Å². The van der Waals surface area contributed by atoms with Crippen molar-refractivity contribution in [3.63, 3.8) is 0 Å². The van der Waals surface area contributed by atoms with Gasteiger partial charge in [0.15, 0.2) is 5.82 Å². The molecule has 0 spiro atoms. The highest BCUT2D eigenvalue weighted by molar-refractivity contribution is 7.11. The van der Waals surface area contributed by atoms with Crippen molar-refractivity contribution in [1.82, 2.24) is 25.5 Å². The Morgan fingerprint density at radius 2 is 2.25 bits per heavy atom. The molecule has 9 heteroatoms. The van der Waals surface area contributed by atoms with Crippen molar-refractivity contribution in [2.45, 2.75) is 19.9 Å². The summed E-state index contributed by atoms with van der Waals surface area (Å²) < 4.78 is 14.1. The van der Waals surface area contributed by atoms with Gasteiger partial charge in [-0.25, -0.2) is 19.2 Å². The number of nitrogens with zero attached hydrogens (tertiary/aromatic N) is 3. The number of H-pyrrole nitrogens is 1. The Bertz CT molecular complexity index is 832. The molecule has 2 heterocycles. The topological polar surface area (TPSA) is 95.6 Å². The van der Waals surface area contributed by atoms with Crippen LogP contribution in [0.1, 0.15) is 16.8 Å². The van der Waals surface area contributed by atoms with Crippen LogP contribution in [0.25, 0.3) is 11.4 Å². The highest BCUT2D eigenvalue weighted by Gasteiger charge is 2.10. The number of rotatable bonds is 5. The Labute approximate surface area is 141 Å². The third-order valence-corrected chi connectivity index (χ3v) is 4.40. The van der Waals surface area contributed by atoms with Crippen LogP contribution in [0.5, 0.6) is 0 Å². The molecule has 0 bridgehead atoms. The number of aromatic amines is 1. The molecule has 0 aliphatic rings. The van der Waals surface area contributed by atoms with Crippen molar-refractivity contribution < 1.29 is 9.18 Å². The fourth-order valence-electron chi connectivity index (χ4n) is 2.02. The average Bonchev–Trinajstić information content (AvgIpc) is 3.26. The quantitative estimate of drug-likeness (QED) is 0.662. The van der Waals surface area contributed by atoms with E-state index in [0.29, 0.717) is 17.9 Å². The molecule has 0 unspecified atom stereocenters. The molecule has 3 N–H and O–H groups in total. The predicted molar refractivity (Wildman–Crippen MR) is 89.1 cm³/mol. The lowest BCUT2D eigenvalue weighted by Gasteiger charge is -2.08. The SMILES string of the molecule is CCc1cnc(CNC(=O)Nc2ccc(-c3ncn[nH]3)cc2F)s1. The molecule has 3 rings (SSSR count). The number of amides is 2. The number of hydrogen-bond acceptors (Lipinski definition) is 5. The van der Waals surface area contributed by atoms with Crippen molar-refractivity contribution in [1.29, 1.82) is 0 Å². The van der Waals surface area contributed by atoms with E-state index in [1.54, 1.807) is 23.6 Å². The monoisotopic (exact) mass is 346 g/mol. The van der Waals surface area contributed by atoms with E-state index in [0.717, 1.165) is 16.3 Å². The van der Waals surface area contributed by atoms with E-state index in [1.165, 1.54) is 18.5 Å². The largest absolute Gasteiger partial charge is 0.331 e. The number of aromatic nitrogens is 4. The molecule has 2 amide bonds. The molecule has 0 radical (unpaired) electrons. The zero-order chi connectivity index (χ0) is 16.9. The first-order valence-electron chi connectivity index (χ1n) is 7.29. The summed E-state index contributed by atoms with van der Waals surface area (Å²) in [5.41, 5.74) is 0.634. The molecular formula is C15H15FN6OS. The van der Waals surface area contributed by atoms with Crippen LogP contribution < -0.4 is 10.6 Å². The van der Waals surface area contributed by atoms with Gasteiger partial charge < -0.3 is 10.6 Å². The van der Waals surface area contributed by atoms with Crippen LogP contribution in [-0.2, 0) is 13.0 Å². The minimum atomic E-state index is -0.554. The van der Waals surface area contributed by atoms with Crippen LogP contribution in [0, 0.1) is 5.82 Å². The second-order valence-corrected chi connectivity index (χ2v) is 6.11. The normalized spacial score (nSPS) is 10.6. The molecule has 0 saturated heterocycles. The Kier molecular flexibility index (Phi) is 4.80. The highest BCUT2D eigenvalue weighted by Crippen LogP contribution is 2.21. The molecule has 7 nitrogen and oxygen atoms in total. The summed E-state index contributed by atoms with van der Waals surface area (Å²) in [6.07, 6.45) is 4.05. The van der Waals surface area contributed by atoms with Crippen LogP contribution in [0.4, 0.5) is 14.9 Å². The molecule has 24 heavy (non-hydrogen) atoms. The van der Waals surface area contributed by atoms with Crippen LogP contribution in [0.15, 0.2) is 30.7 Å². The number of thiazole rings is 1. The smallest absolute Gasteiger partial charge is 0.319 e. The van der Waals surface area contributed by atoms with Crippen molar-refractivity contribution in [3.8, 4) is 11.4 Å². The van der Waals surface area contributed by atoms with Gasteiger partial charge in [-0.1, -0.05) is 6.92 Å². The maximum atomic E-state index is 14.1. The Hall–Kier alpha value is -2.81. The molecule has 0 saturated carbocycles. The van der Waals surface area contributed by atoms with E-state index in [4.69, 9.17) is 0 Å². The number of aryl methyl sites for hydroxylation is 1. The standard InChI is InChI=1S/C15H15FN6OS/c1-2-10-6-17-13(24-10)7-18-15(23)21-12-4-3-9(5-11(12)16)14-19-8-20-22-14/h3-6,8H,2,7H2,1H3,(H2,18,21,23)(H,19,20,22). The summed E-state index contributed by atoms with van der Waals surface area (Å²) in [5.74, 6) is -0.0954. The maximum Gasteiger partial charge on any atom is 0.319 e. The third-order valence-electron chi connectivity index (χ3n) is 3.26. The summed E-state index contributed by atoms with van der Waals surface area (Å²) in [7, 11) is 0. The van der Waals surface area contributed by atoms with Crippen molar-refractivity contribution >= 4 is 23.1 Å². The molecule has 0 fully saturated rings. The number of nitrogens with one attached hydrogen (secondary N) is 3. The lowest BCUT2D eigenvalue weighted by Crippen LogP contribution is -2.28. The third kappa shape index (κ3) is 3.74. The van der Waals surface area contributed by atoms with E-state index in [1.807, 2.05) is 6.92 Å². The predicted octanol–water partition coefficient (Wildman–Crippen LogP) is 2.95. The fourth-order valence-corrected chi connectivity index (χ4v) is 2.83.